The Morgan fingerprint density at radius 2 is 1.96 bits per heavy atom. The van der Waals surface area contributed by atoms with Crippen LogP contribution < -0.4 is 16.8 Å². The number of nitrogens with two attached hydrogens (primary N) is 2. The SMILES string of the molecule is CCNC(=O)[C@H](Cc1c[nH]c2ccccc12)N(CC)C(=O)[C@@H](N)CCCCN. The number of likely N-dealkylation sites (N-methyl/N-ethyl adjacent to an activating group) is 2. The zero-order chi connectivity index (χ0) is 20.5. The molecular formula is C21H33N5O2. The fraction of sp³-hybridized carbons (Fsp3) is 0.524. The number of H-pyrrole nitrogens is 1. The number of rotatable bonds is 11. The molecule has 154 valence electrons. The number of unbranched alkanes of at least 4 members (excludes halogenated alkanes) is 1. The van der Waals surface area contributed by atoms with Crippen LogP contribution in [0.1, 0.15) is 38.7 Å². The van der Waals surface area contributed by atoms with Crippen LogP contribution in [0.25, 0.3) is 10.9 Å². The summed E-state index contributed by atoms with van der Waals surface area (Å²) in [6.45, 7) is 5.27. The van der Waals surface area contributed by atoms with Crippen molar-refractivity contribution in [2.24, 2.45) is 11.5 Å². The number of aromatic nitrogens is 1. The van der Waals surface area contributed by atoms with Gasteiger partial charge in [0.2, 0.25) is 11.8 Å². The highest BCUT2D eigenvalue weighted by Gasteiger charge is 2.31. The van der Waals surface area contributed by atoms with Gasteiger partial charge in [0.1, 0.15) is 6.04 Å². The lowest BCUT2D eigenvalue weighted by Gasteiger charge is -2.32. The van der Waals surface area contributed by atoms with Crippen molar-refractivity contribution in [1.29, 1.82) is 0 Å². The van der Waals surface area contributed by atoms with Gasteiger partial charge in [0.25, 0.3) is 0 Å². The Kier molecular flexibility index (Phi) is 8.47. The number of para-hydroxylation sites is 1. The third-order valence-electron chi connectivity index (χ3n) is 5.03. The molecule has 0 aliphatic heterocycles. The number of nitrogens with one attached hydrogen (secondary N) is 2. The monoisotopic (exact) mass is 387 g/mol. The van der Waals surface area contributed by atoms with Crippen molar-refractivity contribution in [2.45, 2.75) is 51.6 Å². The van der Waals surface area contributed by atoms with Crippen molar-refractivity contribution >= 4 is 22.7 Å². The lowest BCUT2D eigenvalue weighted by atomic mass is 10.0. The second-order valence-electron chi connectivity index (χ2n) is 6.99. The van der Waals surface area contributed by atoms with E-state index in [1.54, 1.807) is 4.90 Å². The lowest BCUT2D eigenvalue weighted by Crippen LogP contribution is -2.55. The van der Waals surface area contributed by atoms with Crippen LogP contribution in [-0.4, -0.2) is 53.4 Å². The van der Waals surface area contributed by atoms with Crippen LogP contribution >= 0.6 is 0 Å². The van der Waals surface area contributed by atoms with E-state index in [9.17, 15) is 9.59 Å². The molecule has 0 saturated carbocycles. The first-order chi connectivity index (χ1) is 13.5. The van der Waals surface area contributed by atoms with E-state index < -0.39 is 12.1 Å². The fourth-order valence-corrected chi connectivity index (χ4v) is 3.52. The predicted octanol–water partition coefficient (Wildman–Crippen LogP) is 1.52. The molecular weight excluding hydrogens is 354 g/mol. The summed E-state index contributed by atoms with van der Waals surface area (Å²) in [7, 11) is 0. The van der Waals surface area contributed by atoms with E-state index in [1.807, 2.05) is 44.3 Å². The molecule has 7 nitrogen and oxygen atoms in total. The average Bonchev–Trinajstić information content (AvgIpc) is 3.11. The van der Waals surface area contributed by atoms with E-state index in [1.165, 1.54) is 0 Å². The minimum atomic E-state index is -0.619. The van der Waals surface area contributed by atoms with Gasteiger partial charge in [0.05, 0.1) is 6.04 Å². The number of amides is 2. The van der Waals surface area contributed by atoms with Crippen LogP contribution in [0.2, 0.25) is 0 Å². The van der Waals surface area contributed by atoms with Gasteiger partial charge in [-0.25, -0.2) is 0 Å². The van der Waals surface area contributed by atoms with Gasteiger partial charge in [0, 0.05) is 36.6 Å². The van der Waals surface area contributed by atoms with Crippen LogP contribution in [0, 0.1) is 0 Å². The van der Waals surface area contributed by atoms with Gasteiger partial charge >= 0.3 is 0 Å². The van der Waals surface area contributed by atoms with Crippen LogP contribution in [0.4, 0.5) is 0 Å². The van der Waals surface area contributed by atoms with E-state index in [2.05, 4.69) is 10.3 Å². The van der Waals surface area contributed by atoms with Crippen LogP contribution in [-0.2, 0) is 16.0 Å². The molecule has 0 fully saturated rings. The molecule has 2 atom stereocenters. The maximum atomic E-state index is 13.0. The molecule has 2 aromatic rings. The number of carbonyl (C=O) groups is 2. The van der Waals surface area contributed by atoms with Crippen molar-refractivity contribution in [3.05, 3.63) is 36.0 Å². The summed E-state index contributed by atoms with van der Waals surface area (Å²) in [4.78, 5) is 30.7. The Balaban J connectivity index is 2.24. The Morgan fingerprint density at radius 1 is 1.21 bits per heavy atom. The van der Waals surface area contributed by atoms with Gasteiger partial charge in [-0.1, -0.05) is 24.6 Å². The summed E-state index contributed by atoms with van der Waals surface area (Å²) in [5.41, 5.74) is 13.7. The van der Waals surface area contributed by atoms with Gasteiger partial charge < -0.3 is 26.7 Å². The van der Waals surface area contributed by atoms with Gasteiger partial charge in [-0.2, -0.15) is 0 Å². The number of hydrogen-bond acceptors (Lipinski definition) is 4. The Morgan fingerprint density at radius 3 is 2.64 bits per heavy atom. The standard InChI is InChI=1S/C21H33N5O2/c1-3-24-20(27)19(13-15-14-25-18-11-6-5-9-16(15)18)26(4-2)21(28)17(23)10-7-8-12-22/h5-6,9,11,14,17,19,25H,3-4,7-8,10,12-13,22-23H2,1-2H3,(H,24,27)/t17-,19-/m0/s1. The number of benzene rings is 1. The first kappa shape index (κ1) is 21.9. The highest BCUT2D eigenvalue weighted by Crippen LogP contribution is 2.21. The van der Waals surface area contributed by atoms with Crippen molar-refractivity contribution in [3.8, 4) is 0 Å². The largest absolute Gasteiger partial charge is 0.361 e. The second kappa shape index (κ2) is 10.8. The molecule has 0 saturated heterocycles. The summed E-state index contributed by atoms with van der Waals surface area (Å²) < 4.78 is 0. The molecule has 6 N–H and O–H groups in total. The highest BCUT2D eigenvalue weighted by atomic mass is 16.2. The van der Waals surface area contributed by atoms with Crippen LogP contribution in [0.5, 0.6) is 0 Å². The van der Waals surface area contributed by atoms with E-state index in [4.69, 9.17) is 11.5 Å². The molecule has 1 heterocycles. The van der Waals surface area contributed by atoms with Crippen LogP contribution in [0.15, 0.2) is 30.5 Å². The molecule has 0 spiro atoms. The summed E-state index contributed by atoms with van der Waals surface area (Å²) in [6, 6.07) is 6.73. The van der Waals surface area contributed by atoms with E-state index >= 15 is 0 Å². The van der Waals surface area contributed by atoms with Crippen LogP contribution in [0.3, 0.4) is 0 Å². The summed E-state index contributed by atoms with van der Waals surface area (Å²) in [5.74, 6) is -0.340. The van der Waals surface area contributed by atoms with E-state index in [0.29, 0.717) is 32.5 Å². The molecule has 0 aliphatic rings. The number of hydrogen-bond donors (Lipinski definition) is 4. The van der Waals surface area contributed by atoms with E-state index in [0.717, 1.165) is 29.3 Å². The molecule has 1 aromatic carbocycles. The fourth-order valence-electron chi connectivity index (χ4n) is 3.52. The zero-order valence-corrected chi connectivity index (χ0v) is 16.9. The maximum Gasteiger partial charge on any atom is 0.243 e. The molecule has 0 aliphatic carbocycles. The number of aromatic amines is 1. The minimum absolute atomic E-state index is 0.155. The summed E-state index contributed by atoms with van der Waals surface area (Å²) in [6.07, 6.45) is 4.56. The zero-order valence-electron chi connectivity index (χ0n) is 16.9. The summed E-state index contributed by atoms with van der Waals surface area (Å²) >= 11 is 0. The molecule has 2 amide bonds. The smallest absolute Gasteiger partial charge is 0.243 e. The Labute approximate surface area is 166 Å². The minimum Gasteiger partial charge on any atom is -0.361 e. The lowest BCUT2D eigenvalue weighted by molar-refractivity contribution is -0.141. The second-order valence-corrected chi connectivity index (χ2v) is 6.99. The molecule has 0 bridgehead atoms. The predicted molar refractivity (Wildman–Crippen MR) is 113 cm³/mol. The molecule has 2 rings (SSSR count). The first-order valence-electron chi connectivity index (χ1n) is 10.1. The Bertz CT molecular complexity index is 773. The Hall–Kier alpha value is -2.38. The molecule has 7 heteroatoms. The van der Waals surface area contributed by atoms with Gasteiger partial charge in [0.15, 0.2) is 0 Å². The third-order valence-corrected chi connectivity index (χ3v) is 5.03. The van der Waals surface area contributed by atoms with Gasteiger partial charge in [-0.05, 0) is 44.9 Å². The topological polar surface area (TPSA) is 117 Å². The quantitative estimate of drug-likeness (QED) is 0.437. The maximum absolute atomic E-state index is 13.0. The number of nitrogens with zero attached hydrogens (tertiary/aromatic N) is 1. The van der Waals surface area contributed by atoms with Gasteiger partial charge in [-0.15, -0.1) is 0 Å². The highest BCUT2D eigenvalue weighted by molar-refractivity contribution is 5.91. The van der Waals surface area contributed by atoms with Crippen molar-refractivity contribution < 1.29 is 9.59 Å². The number of carbonyl (C=O) groups excluding carboxylic acids is 2. The summed E-state index contributed by atoms with van der Waals surface area (Å²) in [5, 5.41) is 3.93. The normalized spacial score (nSPS) is 13.3. The molecule has 0 unspecified atom stereocenters. The number of fused-ring (bicyclic) bond motifs is 1. The third kappa shape index (κ3) is 5.33. The van der Waals surface area contributed by atoms with E-state index in [-0.39, 0.29) is 11.8 Å². The van der Waals surface area contributed by atoms with Gasteiger partial charge in [-0.3, -0.25) is 9.59 Å². The molecule has 1 aromatic heterocycles. The average molecular weight is 388 g/mol. The first-order valence-corrected chi connectivity index (χ1v) is 10.1. The molecule has 28 heavy (non-hydrogen) atoms. The van der Waals surface area contributed by atoms with Crippen molar-refractivity contribution in [1.82, 2.24) is 15.2 Å². The molecule has 0 radical (unpaired) electrons. The van der Waals surface area contributed by atoms with Crippen molar-refractivity contribution in [3.63, 3.8) is 0 Å². The van der Waals surface area contributed by atoms with Crippen molar-refractivity contribution in [2.75, 3.05) is 19.6 Å².